The average molecular weight is 177 g/mol. The van der Waals surface area contributed by atoms with Gasteiger partial charge in [-0.25, -0.2) is 0 Å². The molecular weight excluding hydrogens is 168 g/mol. The van der Waals surface area contributed by atoms with E-state index in [9.17, 15) is 0 Å². The Hall–Kier alpha value is -1.02. The molecular formula is C10H9OS. The lowest BCUT2D eigenvalue weighted by Crippen LogP contribution is -1.90. The highest BCUT2D eigenvalue weighted by Gasteiger charge is 2.01. The third kappa shape index (κ3) is 1.18. The van der Waals surface area contributed by atoms with E-state index in [1.54, 1.807) is 11.3 Å². The van der Waals surface area contributed by atoms with E-state index in [2.05, 4.69) is 6.07 Å². The Morgan fingerprint density at radius 1 is 1.50 bits per heavy atom. The Morgan fingerprint density at radius 2 is 2.42 bits per heavy atom. The van der Waals surface area contributed by atoms with Gasteiger partial charge < -0.3 is 4.74 Å². The molecule has 0 aliphatic carbocycles. The summed E-state index contributed by atoms with van der Waals surface area (Å²) in [4.78, 5) is 0. The van der Waals surface area contributed by atoms with Gasteiger partial charge in [0.25, 0.3) is 0 Å². The predicted octanol–water partition coefficient (Wildman–Crippen LogP) is 3.10. The minimum atomic E-state index is 0.719. The monoisotopic (exact) mass is 177 g/mol. The van der Waals surface area contributed by atoms with Crippen molar-refractivity contribution in [3.63, 3.8) is 0 Å². The second-order valence-corrected chi connectivity index (χ2v) is 3.33. The van der Waals surface area contributed by atoms with Gasteiger partial charge in [-0.2, -0.15) is 0 Å². The Labute approximate surface area is 75.6 Å². The van der Waals surface area contributed by atoms with E-state index in [0.29, 0.717) is 0 Å². The largest absolute Gasteiger partial charge is 0.492 e. The molecule has 1 aromatic carbocycles. The summed E-state index contributed by atoms with van der Waals surface area (Å²) in [5.41, 5.74) is 0. The van der Waals surface area contributed by atoms with Crippen molar-refractivity contribution in [2.75, 3.05) is 6.61 Å². The van der Waals surface area contributed by atoms with Crippen molar-refractivity contribution < 1.29 is 4.74 Å². The van der Waals surface area contributed by atoms with Gasteiger partial charge in [0.1, 0.15) is 5.75 Å². The number of thiophene rings is 1. The molecule has 1 radical (unpaired) electrons. The van der Waals surface area contributed by atoms with Crippen LogP contribution in [0.5, 0.6) is 5.75 Å². The van der Waals surface area contributed by atoms with Crippen molar-refractivity contribution in [1.82, 2.24) is 0 Å². The first-order chi connectivity index (χ1) is 5.92. The zero-order chi connectivity index (χ0) is 8.39. The van der Waals surface area contributed by atoms with Crippen molar-refractivity contribution >= 4 is 21.4 Å². The normalized spacial score (nSPS) is 10.4. The Kier molecular flexibility index (Phi) is 2.00. The molecule has 1 aromatic heterocycles. The maximum absolute atomic E-state index is 5.47. The number of ether oxygens (including phenoxy) is 1. The fourth-order valence-electron chi connectivity index (χ4n) is 1.17. The Morgan fingerprint density at radius 3 is 3.25 bits per heavy atom. The third-order valence-electron chi connectivity index (χ3n) is 1.67. The molecule has 0 saturated carbocycles. The highest BCUT2D eigenvalue weighted by Crippen LogP contribution is 2.29. The zero-order valence-corrected chi connectivity index (χ0v) is 7.65. The first-order valence-corrected chi connectivity index (χ1v) is 4.80. The Balaban J connectivity index is 2.57. The Bertz CT molecular complexity index is 378. The molecule has 0 aliphatic heterocycles. The molecule has 2 rings (SSSR count). The highest BCUT2D eigenvalue weighted by molar-refractivity contribution is 7.17. The quantitative estimate of drug-likeness (QED) is 0.685. The van der Waals surface area contributed by atoms with Gasteiger partial charge in [-0.1, -0.05) is 12.1 Å². The zero-order valence-electron chi connectivity index (χ0n) is 6.83. The van der Waals surface area contributed by atoms with Gasteiger partial charge >= 0.3 is 0 Å². The second-order valence-electron chi connectivity index (χ2n) is 2.45. The number of rotatable bonds is 2. The van der Waals surface area contributed by atoms with Gasteiger partial charge in [0.05, 0.1) is 11.3 Å². The van der Waals surface area contributed by atoms with Crippen molar-refractivity contribution in [1.29, 1.82) is 0 Å². The smallest absolute Gasteiger partial charge is 0.137 e. The molecule has 0 aliphatic rings. The molecule has 0 saturated heterocycles. The van der Waals surface area contributed by atoms with E-state index < -0.39 is 0 Å². The molecule has 61 valence electrons. The fourth-order valence-corrected chi connectivity index (χ4v) is 1.97. The maximum Gasteiger partial charge on any atom is 0.137 e. The topological polar surface area (TPSA) is 9.23 Å². The van der Waals surface area contributed by atoms with Crippen LogP contribution in [0.2, 0.25) is 0 Å². The van der Waals surface area contributed by atoms with Gasteiger partial charge in [0.15, 0.2) is 0 Å². The van der Waals surface area contributed by atoms with Gasteiger partial charge in [0.2, 0.25) is 0 Å². The molecule has 0 spiro atoms. The molecule has 0 N–H and O–H groups in total. The number of hydrogen-bond donors (Lipinski definition) is 0. The van der Waals surface area contributed by atoms with E-state index in [1.165, 1.54) is 4.70 Å². The molecule has 2 aromatic rings. The summed E-state index contributed by atoms with van der Waals surface area (Å²) in [5, 5.41) is 3.11. The molecule has 0 fully saturated rings. The molecule has 2 heteroatoms. The van der Waals surface area contributed by atoms with Crippen LogP contribution in [0.25, 0.3) is 10.1 Å². The van der Waals surface area contributed by atoms with Crippen molar-refractivity contribution in [2.24, 2.45) is 0 Å². The van der Waals surface area contributed by atoms with Crippen molar-refractivity contribution in [3.8, 4) is 5.75 Å². The minimum Gasteiger partial charge on any atom is -0.492 e. The van der Waals surface area contributed by atoms with Crippen molar-refractivity contribution in [3.05, 3.63) is 29.6 Å². The SMILES string of the molecule is CCOc1cccc2[c]csc12. The van der Waals surface area contributed by atoms with Gasteiger partial charge in [0, 0.05) is 11.5 Å². The van der Waals surface area contributed by atoms with Crippen LogP contribution >= 0.6 is 11.3 Å². The lowest BCUT2D eigenvalue weighted by Gasteiger charge is -2.02. The minimum absolute atomic E-state index is 0.719. The van der Waals surface area contributed by atoms with Crippen LogP contribution in [0, 0.1) is 6.07 Å². The number of hydrogen-bond acceptors (Lipinski definition) is 2. The van der Waals surface area contributed by atoms with Crippen LogP contribution in [0.15, 0.2) is 23.6 Å². The number of fused-ring (bicyclic) bond motifs is 1. The van der Waals surface area contributed by atoms with Crippen molar-refractivity contribution in [2.45, 2.75) is 6.92 Å². The van der Waals surface area contributed by atoms with Crippen LogP contribution in [-0.2, 0) is 0 Å². The molecule has 12 heavy (non-hydrogen) atoms. The van der Waals surface area contributed by atoms with E-state index in [1.807, 2.05) is 30.5 Å². The fraction of sp³-hybridized carbons (Fsp3) is 0.200. The summed E-state index contributed by atoms with van der Waals surface area (Å²) < 4.78 is 6.66. The van der Waals surface area contributed by atoms with E-state index in [0.717, 1.165) is 17.7 Å². The summed E-state index contributed by atoms with van der Waals surface area (Å²) in [6.07, 6.45) is 0. The predicted molar refractivity (Wildman–Crippen MR) is 51.8 cm³/mol. The summed E-state index contributed by atoms with van der Waals surface area (Å²) in [5.74, 6) is 0.973. The van der Waals surface area contributed by atoms with Crippen LogP contribution in [0.4, 0.5) is 0 Å². The lowest BCUT2D eigenvalue weighted by atomic mass is 10.2. The molecule has 0 bridgehead atoms. The van der Waals surface area contributed by atoms with Gasteiger partial charge in [-0.15, -0.1) is 11.3 Å². The average Bonchev–Trinajstić information content (AvgIpc) is 2.53. The molecule has 1 nitrogen and oxygen atoms in total. The third-order valence-corrected chi connectivity index (χ3v) is 2.56. The standard InChI is InChI=1S/C10H9OS/c1-2-11-9-5-3-4-8-6-7-12-10(8)9/h3-5,7H,2H2,1H3. The van der Waals surface area contributed by atoms with Crippen LogP contribution in [0.1, 0.15) is 6.92 Å². The summed E-state index contributed by atoms with van der Waals surface area (Å²) in [6, 6.07) is 9.20. The second kappa shape index (κ2) is 3.15. The number of benzene rings is 1. The first kappa shape index (κ1) is 7.62. The molecule has 0 unspecified atom stereocenters. The van der Waals surface area contributed by atoms with E-state index in [-0.39, 0.29) is 0 Å². The lowest BCUT2D eigenvalue weighted by molar-refractivity contribution is 0.345. The van der Waals surface area contributed by atoms with Crippen LogP contribution < -0.4 is 4.74 Å². The first-order valence-electron chi connectivity index (χ1n) is 3.92. The van der Waals surface area contributed by atoms with Gasteiger partial charge in [-0.05, 0) is 18.4 Å². The summed E-state index contributed by atoms with van der Waals surface area (Å²) >= 11 is 1.67. The van der Waals surface area contributed by atoms with Crippen LogP contribution in [-0.4, -0.2) is 6.61 Å². The van der Waals surface area contributed by atoms with Gasteiger partial charge in [-0.3, -0.25) is 0 Å². The summed E-state index contributed by atoms with van der Waals surface area (Å²) in [6.45, 7) is 2.72. The highest BCUT2D eigenvalue weighted by atomic mass is 32.1. The van der Waals surface area contributed by atoms with E-state index in [4.69, 9.17) is 4.74 Å². The molecule has 0 amide bonds. The van der Waals surface area contributed by atoms with E-state index >= 15 is 0 Å². The summed E-state index contributed by atoms with van der Waals surface area (Å²) in [7, 11) is 0. The molecule has 0 atom stereocenters. The van der Waals surface area contributed by atoms with Crippen LogP contribution in [0.3, 0.4) is 0 Å². The maximum atomic E-state index is 5.47. The molecule has 1 heterocycles.